The normalized spacial score (nSPS) is 17.9. The predicted octanol–water partition coefficient (Wildman–Crippen LogP) is 3.51. The molecule has 0 spiro atoms. The minimum absolute atomic E-state index is 0.118. The molecule has 1 aliphatic heterocycles. The molecule has 24 heavy (non-hydrogen) atoms. The molecule has 1 amide bonds. The van der Waals surface area contributed by atoms with Gasteiger partial charge in [-0.2, -0.15) is 5.26 Å². The Morgan fingerprint density at radius 2 is 2.25 bits per heavy atom. The van der Waals surface area contributed by atoms with Gasteiger partial charge in [0.2, 0.25) is 5.88 Å². The lowest BCUT2D eigenvalue weighted by molar-refractivity contribution is 0.00738. The summed E-state index contributed by atoms with van der Waals surface area (Å²) in [5.41, 5.74) is 0.0325. The largest absolute Gasteiger partial charge is 0.478 e. The van der Waals surface area contributed by atoms with Crippen molar-refractivity contribution >= 4 is 6.09 Å². The van der Waals surface area contributed by atoms with Gasteiger partial charge >= 0.3 is 6.09 Å². The van der Waals surface area contributed by atoms with Crippen LogP contribution in [0.5, 0.6) is 5.88 Å². The lowest BCUT2D eigenvalue weighted by Crippen LogP contribution is -2.46. The molecule has 0 saturated carbocycles. The summed E-state index contributed by atoms with van der Waals surface area (Å²) in [6.45, 7) is 6.80. The maximum Gasteiger partial charge on any atom is 0.410 e. The molecule has 0 aromatic carbocycles. The van der Waals surface area contributed by atoms with E-state index in [-0.39, 0.29) is 12.1 Å². The fourth-order valence-corrected chi connectivity index (χ4v) is 2.72. The third kappa shape index (κ3) is 5.41. The standard InChI is InChI=1S/C18H25N3O3/c1-18(2,3)24-17(22)21-10-5-4-6-15(21)8-11-23-16-12-14(13-19)7-9-20-16/h7,9,12,15H,4-6,8,10-11H2,1-3H3/t15-/m1/s1. The van der Waals surface area contributed by atoms with Gasteiger partial charge in [0.1, 0.15) is 5.60 Å². The highest BCUT2D eigenvalue weighted by atomic mass is 16.6. The summed E-state index contributed by atoms with van der Waals surface area (Å²) in [5, 5.41) is 8.89. The molecule has 1 saturated heterocycles. The molecule has 0 N–H and O–H groups in total. The number of carbonyl (C=O) groups is 1. The molecule has 0 unspecified atom stereocenters. The number of carbonyl (C=O) groups excluding carboxylic acids is 1. The first-order valence-corrected chi connectivity index (χ1v) is 8.37. The molecule has 2 rings (SSSR count). The van der Waals surface area contributed by atoms with Gasteiger partial charge in [-0.05, 0) is 46.1 Å². The molecule has 1 aliphatic rings. The molecule has 0 radical (unpaired) electrons. The molecule has 2 heterocycles. The van der Waals surface area contributed by atoms with Crippen LogP contribution in [0.25, 0.3) is 0 Å². The Balaban J connectivity index is 1.89. The van der Waals surface area contributed by atoms with Crippen molar-refractivity contribution in [3.8, 4) is 11.9 Å². The first kappa shape index (κ1) is 18.1. The van der Waals surface area contributed by atoms with Gasteiger partial charge in [-0.15, -0.1) is 0 Å². The molecule has 1 fully saturated rings. The number of amides is 1. The van der Waals surface area contributed by atoms with E-state index in [0.29, 0.717) is 18.1 Å². The summed E-state index contributed by atoms with van der Waals surface area (Å²) in [7, 11) is 0. The molecule has 0 bridgehead atoms. The van der Waals surface area contributed by atoms with Crippen molar-refractivity contribution in [3.63, 3.8) is 0 Å². The van der Waals surface area contributed by atoms with E-state index >= 15 is 0 Å². The number of piperidine rings is 1. The third-order valence-corrected chi connectivity index (χ3v) is 3.82. The first-order valence-electron chi connectivity index (χ1n) is 8.37. The van der Waals surface area contributed by atoms with Crippen molar-refractivity contribution in [1.29, 1.82) is 5.26 Å². The number of pyridine rings is 1. The van der Waals surface area contributed by atoms with Gasteiger partial charge in [-0.3, -0.25) is 0 Å². The van der Waals surface area contributed by atoms with E-state index in [2.05, 4.69) is 11.1 Å². The van der Waals surface area contributed by atoms with E-state index in [1.807, 2.05) is 25.7 Å². The zero-order valence-corrected chi connectivity index (χ0v) is 14.6. The summed E-state index contributed by atoms with van der Waals surface area (Å²) in [6.07, 6.45) is 5.08. The van der Waals surface area contributed by atoms with Crippen molar-refractivity contribution in [2.75, 3.05) is 13.2 Å². The molecule has 6 heteroatoms. The molecule has 1 atom stereocenters. The molecule has 0 aliphatic carbocycles. The Morgan fingerprint density at radius 1 is 1.46 bits per heavy atom. The smallest absolute Gasteiger partial charge is 0.410 e. The van der Waals surface area contributed by atoms with Crippen LogP contribution in [0.15, 0.2) is 18.3 Å². The van der Waals surface area contributed by atoms with Gasteiger partial charge in [-0.25, -0.2) is 9.78 Å². The van der Waals surface area contributed by atoms with Crippen LogP contribution in [0.3, 0.4) is 0 Å². The minimum atomic E-state index is -0.489. The lowest BCUT2D eigenvalue weighted by atomic mass is 10.0. The third-order valence-electron chi connectivity index (χ3n) is 3.82. The van der Waals surface area contributed by atoms with Crippen LogP contribution in [-0.2, 0) is 4.74 Å². The van der Waals surface area contributed by atoms with Crippen LogP contribution >= 0.6 is 0 Å². The van der Waals surface area contributed by atoms with Gasteiger partial charge in [0.05, 0.1) is 18.2 Å². The number of likely N-dealkylation sites (tertiary alicyclic amines) is 1. The Morgan fingerprint density at radius 3 is 2.96 bits per heavy atom. The number of nitriles is 1. The van der Waals surface area contributed by atoms with Crippen molar-refractivity contribution < 1.29 is 14.3 Å². The van der Waals surface area contributed by atoms with Crippen LogP contribution in [-0.4, -0.2) is 40.8 Å². The average Bonchev–Trinajstić information content (AvgIpc) is 2.54. The zero-order valence-electron chi connectivity index (χ0n) is 14.6. The number of ether oxygens (including phenoxy) is 2. The number of rotatable bonds is 4. The van der Waals surface area contributed by atoms with E-state index in [9.17, 15) is 4.79 Å². The molecule has 1 aromatic rings. The number of hydrogen-bond donors (Lipinski definition) is 0. The van der Waals surface area contributed by atoms with Gasteiger partial charge in [-0.1, -0.05) is 0 Å². The predicted molar refractivity (Wildman–Crippen MR) is 89.6 cm³/mol. The maximum absolute atomic E-state index is 12.4. The highest BCUT2D eigenvalue weighted by Gasteiger charge is 2.30. The number of nitrogens with zero attached hydrogens (tertiary/aromatic N) is 3. The Labute approximate surface area is 143 Å². The summed E-state index contributed by atoms with van der Waals surface area (Å²) in [6, 6.07) is 5.43. The highest BCUT2D eigenvalue weighted by molar-refractivity contribution is 5.68. The molecule has 6 nitrogen and oxygen atoms in total. The summed E-state index contributed by atoms with van der Waals surface area (Å²) >= 11 is 0. The fraction of sp³-hybridized carbons (Fsp3) is 0.611. The molecular weight excluding hydrogens is 306 g/mol. The van der Waals surface area contributed by atoms with E-state index < -0.39 is 5.60 Å². The second kappa shape index (κ2) is 8.00. The quantitative estimate of drug-likeness (QED) is 0.844. The Hall–Kier alpha value is -2.29. The van der Waals surface area contributed by atoms with Crippen LogP contribution in [0, 0.1) is 11.3 Å². The summed E-state index contributed by atoms with van der Waals surface area (Å²) < 4.78 is 11.1. The molecule has 1 aromatic heterocycles. The van der Waals surface area contributed by atoms with Crippen molar-refractivity contribution in [2.24, 2.45) is 0 Å². The Bertz CT molecular complexity index is 604. The van der Waals surface area contributed by atoms with Gasteiger partial charge in [0.15, 0.2) is 0 Å². The minimum Gasteiger partial charge on any atom is -0.478 e. The number of aromatic nitrogens is 1. The monoisotopic (exact) mass is 331 g/mol. The van der Waals surface area contributed by atoms with Crippen LogP contribution in [0.4, 0.5) is 4.79 Å². The summed E-state index contributed by atoms with van der Waals surface area (Å²) in [4.78, 5) is 18.3. The second-order valence-corrected chi connectivity index (χ2v) is 6.96. The van der Waals surface area contributed by atoms with E-state index in [1.165, 1.54) is 0 Å². The van der Waals surface area contributed by atoms with Gasteiger partial charge in [0, 0.05) is 31.3 Å². The van der Waals surface area contributed by atoms with Crippen molar-refractivity contribution in [3.05, 3.63) is 23.9 Å². The second-order valence-electron chi connectivity index (χ2n) is 6.96. The summed E-state index contributed by atoms with van der Waals surface area (Å²) in [5.74, 6) is 0.439. The molecule has 130 valence electrons. The van der Waals surface area contributed by atoms with Gasteiger partial charge < -0.3 is 14.4 Å². The highest BCUT2D eigenvalue weighted by Crippen LogP contribution is 2.23. The Kier molecular flexibility index (Phi) is 6.02. The average molecular weight is 331 g/mol. The van der Waals surface area contributed by atoms with Crippen LogP contribution < -0.4 is 4.74 Å². The fourth-order valence-electron chi connectivity index (χ4n) is 2.72. The topological polar surface area (TPSA) is 75.4 Å². The maximum atomic E-state index is 12.4. The first-order chi connectivity index (χ1) is 11.4. The van der Waals surface area contributed by atoms with E-state index in [0.717, 1.165) is 32.2 Å². The lowest BCUT2D eigenvalue weighted by Gasteiger charge is -2.36. The zero-order chi connectivity index (χ0) is 17.6. The van der Waals surface area contributed by atoms with Gasteiger partial charge in [0.25, 0.3) is 0 Å². The van der Waals surface area contributed by atoms with E-state index in [4.69, 9.17) is 14.7 Å². The van der Waals surface area contributed by atoms with Crippen LogP contribution in [0.2, 0.25) is 0 Å². The van der Waals surface area contributed by atoms with Crippen molar-refractivity contribution in [2.45, 2.75) is 58.1 Å². The SMILES string of the molecule is CC(C)(C)OC(=O)N1CCCC[C@@H]1CCOc1cc(C#N)ccn1. The molecular formula is C18H25N3O3. The number of hydrogen-bond acceptors (Lipinski definition) is 5. The van der Waals surface area contributed by atoms with Crippen molar-refractivity contribution in [1.82, 2.24) is 9.88 Å². The van der Waals surface area contributed by atoms with E-state index in [1.54, 1.807) is 18.3 Å². The van der Waals surface area contributed by atoms with Crippen LogP contribution in [0.1, 0.15) is 52.0 Å².